The van der Waals surface area contributed by atoms with E-state index in [1.807, 2.05) is 0 Å². The molecule has 0 spiro atoms. The van der Waals surface area contributed by atoms with E-state index in [2.05, 4.69) is 53.5 Å². The van der Waals surface area contributed by atoms with Gasteiger partial charge in [0, 0.05) is 21.8 Å². The predicted octanol–water partition coefficient (Wildman–Crippen LogP) is 4.77. The second kappa shape index (κ2) is 6.96. The third-order valence-corrected chi connectivity index (χ3v) is 3.68. The number of aromatic nitrogens is 1. The molecule has 0 aliphatic heterocycles. The third-order valence-electron chi connectivity index (χ3n) is 3.68. The molecule has 2 N–H and O–H groups in total. The number of carbonyl (C=O) groups is 1. The maximum atomic E-state index is 12.3. The number of H-pyrrole nitrogens is 1. The Labute approximate surface area is 138 Å². The Morgan fingerprint density at radius 2 is 1.33 bits per heavy atom. The average Bonchev–Trinajstić information content (AvgIpc) is 2.96. The fourth-order valence-corrected chi connectivity index (χ4v) is 2.58. The van der Waals surface area contributed by atoms with Gasteiger partial charge >= 0.3 is 5.97 Å². The van der Waals surface area contributed by atoms with Crippen molar-refractivity contribution >= 4 is 27.8 Å². The molecule has 0 aliphatic rings. The molecule has 4 aromatic rings. The standard InChI is InChI=1S/C12H9N.C8H7FO2/c1-3-7-11-9(5-1)10-6-2-4-8-12(10)13-11;9-7-3-1-6(2-4-7)5-8(10)11/h1-8,13H;1-4H,5H2,(H,10,11). The number of hydrogen-bond donors (Lipinski definition) is 2. The van der Waals surface area contributed by atoms with E-state index in [0.717, 1.165) is 0 Å². The van der Waals surface area contributed by atoms with Crippen LogP contribution in [-0.4, -0.2) is 16.1 Å². The molecule has 3 aromatic carbocycles. The first kappa shape index (κ1) is 15.7. The molecule has 3 nitrogen and oxygen atoms in total. The van der Waals surface area contributed by atoms with Gasteiger partial charge < -0.3 is 10.1 Å². The molecule has 0 atom stereocenters. The number of halogens is 1. The molecule has 0 saturated carbocycles. The lowest BCUT2D eigenvalue weighted by Gasteiger charge is -1.94. The van der Waals surface area contributed by atoms with Crippen LogP contribution in [0.25, 0.3) is 21.8 Å². The summed E-state index contributed by atoms with van der Waals surface area (Å²) in [4.78, 5) is 13.5. The first-order valence-electron chi connectivity index (χ1n) is 7.55. The molecule has 0 bridgehead atoms. The fourth-order valence-electron chi connectivity index (χ4n) is 2.58. The minimum absolute atomic E-state index is 0.0553. The van der Waals surface area contributed by atoms with Crippen LogP contribution in [0.15, 0.2) is 72.8 Å². The molecule has 1 aromatic heterocycles. The molecule has 4 heteroatoms. The van der Waals surface area contributed by atoms with Crippen LogP contribution < -0.4 is 0 Å². The monoisotopic (exact) mass is 321 g/mol. The van der Waals surface area contributed by atoms with Crippen molar-refractivity contribution in [2.24, 2.45) is 0 Å². The molecule has 24 heavy (non-hydrogen) atoms. The van der Waals surface area contributed by atoms with E-state index in [1.165, 1.54) is 46.1 Å². The van der Waals surface area contributed by atoms with Crippen LogP contribution in [0.3, 0.4) is 0 Å². The van der Waals surface area contributed by atoms with Crippen LogP contribution >= 0.6 is 0 Å². The number of nitrogens with one attached hydrogen (secondary N) is 1. The van der Waals surface area contributed by atoms with E-state index in [4.69, 9.17) is 5.11 Å². The summed E-state index contributed by atoms with van der Waals surface area (Å²) >= 11 is 0. The van der Waals surface area contributed by atoms with Gasteiger partial charge in [0.25, 0.3) is 0 Å². The highest BCUT2D eigenvalue weighted by Crippen LogP contribution is 2.24. The number of para-hydroxylation sites is 2. The van der Waals surface area contributed by atoms with Gasteiger partial charge in [0.1, 0.15) is 5.82 Å². The molecule has 4 rings (SSSR count). The summed E-state index contributed by atoms with van der Waals surface area (Å²) in [7, 11) is 0. The van der Waals surface area contributed by atoms with Crippen LogP contribution in [0.2, 0.25) is 0 Å². The highest BCUT2D eigenvalue weighted by molar-refractivity contribution is 6.06. The zero-order valence-corrected chi connectivity index (χ0v) is 12.9. The summed E-state index contributed by atoms with van der Waals surface area (Å²) in [6.45, 7) is 0. The summed E-state index contributed by atoms with van der Waals surface area (Å²) < 4.78 is 12.3. The molecule has 0 saturated heterocycles. The van der Waals surface area contributed by atoms with Gasteiger partial charge in [0.2, 0.25) is 0 Å². The van der Waals surface area contributed by atoms with Crippen LogP contribution in [-0.2, 0) is 11.2 Å². The Morgan fingerprint density at radius 3 is 1.83 bits per heavy atom. The number of aromatic amines is 1. The summed E-state index contributed by atoms with van der Waals surface area (Å²) in [6, 6.07) is 22.2. The van der Waals surface area contributed by atoms with Gasteiger partial charge in [-0.05, 0) is 29.8 Å². The molecule has 0 unspecified atom stereocenters. The molecule has 0 aliphatic carbocycles. The summed E-state index contributed by atoms with van der Waals surface area (Å²) in [6.07, 6.45) is -0.0553. The van der Waals surface area contributed by atoms with Gasteiger partial charge in [-0.3, -0.25) is 4.79 Å². The first-order valence-corrected chi connectivity index (χ1v) is 7.55. The molecule has 0 fully saturated rings. The highest BCUT2D eigenvalue weighted by atomic mass is 19.1. The van der Waals surface area contributed by atoms with Gasteiger partial charge in [0.05, 0.1) is 6.42 Å². The van der Waals surface area contributed by atoms with E-state index in [0.29, 0.717) is 5.56 Å². The topological polar surface area (TPSA) is 53.1 Å². The second-order valence-corrected chi connectivity index (χ2v) is 5.41. The van der Waals surface area contributed by atoms with Crippen molar-refractivity contribution in [3.8, 4) is 0 Å². The van der Waals surface area contributed by atoms with Crippen LogP contribution in [0.5, 0.6) is 0 Å². The van der Waals surface area contributed by atoms with Crippen LogP contribution in [0.1, 0.15) is 5.56 Å². The Morgan fingerprint density at radius 1 is 0.833 bits per heavy atom. The summed E-state index contributed by atoms with van der Waals surface area (Å²) in [5, 5.41) is 11.0. The molecule has 1 heterocycles. The number of benzene rings is 3. The average molecular weight is 321 g/mol. The third kappa shape index (κ3) is 3.60. The predicted molar refractivity (Wildman–Crippen MR) is 93.5 cm³/mol. The summed E-state index contributed by atoms with van der Waals surface area (Å²) in [5.41, 5.74) is 3.03. The van der Waals surface area contributed by atoms with E-state index >= 15 is 0 Å². The van der Waals surface area contributed by atoms with Gasteiger partial charge in [-0.2, -0.15) is 0 Å². The Bertz CT molecular complexity index is 923. The summed E-state index contributed by atoms with van der Waals surface area (Å²) in [5.74, 6) is -1.25. The number of aliphatic carboxylic acids is 1. The molecular weight excluding hydrogens is 305 g/mol. The van der Waals surface area contributed by atoms with Gasteiger partial charge in [-0.25, -0.2) is 4.39 Å². The largest absolute Gasteiger partial charge is 0.481 e. The van der Waals surface area contributed by atoms with Crippen LogP contribution in [0.4, 0.5) is 4.39 Å². The SMILES string of the molecule is O=C(O)Cc1ccc(F)cc1.c1ccc2c(c1)[nH]c1ccccc12. The molecule has 0 radical (unpaired) electrons. The number of fused-ring (bicyclic) bond motifs is 3. The second-order valence-electron chi connectivity index (χ2n) is 5.41. The lowest BCUT2D eigenvalue weighted by molar-refractivity contribution is -0.136. The van der Waals surface area contributed by atoms with Crippen molar-refractivity contribution in [2.75, 3.05) is 0 Å². The minimum Gasteiger partial charge on any atom is -0.481 e. The van der Waals surface area contributed by atoms with Crippen molar-refractivity contribution in [2.45, 2.75) is 6.42 Å². The molecule has 0 amide bonds. The van der Waals surface area contributed by atoms with E-state index in [9.17, 15) is 9.18 Å². The lowest BCUT2D eigenvalue weighted by Crippen LogP contribution is -1.99. The van der Waals surface area contributed by atoms with E-state index < -0.39 is 5.97 Å². The first-order chi connectivity index (χ1) is 11.6. The van der Waals surface area contributed by atoms with E-state index in [-0.39, 0.29) is 12.2 Å². The van der Waals surface area contributed by atoms with Crippen molar-refractivity contribution in [1.29, 1.82) is 0 Å². The van der Waals surface area contributed by atoms with Gasteiger partial charge in [0.15, 0.2) is 0 Å². The quantitative estimate of drug-likeness (QED) is 0.558. The smallest absolute Gasteiger partial charge is 0.307 e. The zero-order valence-electron chi connectivity index (χ0n) is 12.9. The Hall–Kier alpha value is -3.14. The van der Waals surface area contributed by atoms with Crippen molar-refractivity contribution in [3.63, 3.8) is 0 Å². The molecule has 120 valence electrons. The van der Waals surface area contributed by atoms with Gasteiger partial charge in [-0.15, -0.1) is 0 Å². The van der Waals surface area contributed by atoms with Gasteiger partial charge in [-0.1, -0.05) is 48.5 Å². The lowest BCUT2D eigenvalue weighted by atomic mass is 10.1. The maximum Gasteiger partial charge on any atom is 0.307 e. The van der Waals surface area contributed by atoms with Crippen LogP contribution in [0, 0.1) is 5.82 Å². The number of carboxylic acids is 1. The van der Waals surface area contributed by atoms with Crippen molar-refractivity contribution < 1.29 is 14.3 Å². The zero-order chi connectivity index (χ0) is 16.9. The highest BCUT2D eigenvalue weighted by Gasteiger charge is 2.00. The minimum atomic E-state index is -0.906. The molecular formula is C20H16FNO2. The maximum absolute atomic E-state index is 12.3. The fraction of sp³-hybridized carbons (Fsp3) is 0.0500. The Balaban J connectivity index is 0.000000144. The number of hydrogen-bond acceptors (Lipinski definition) is 1. The normalized spacial score (nSPS) is 10.4. The van der Waals surface area contributed by atoms with Crippen molar-refractivity contribution in [3.05, 3.63) is 84.2 Å². The van der Waals surface area contributed by atoms with E-state index in [1.54, 1.807) is 0 Å². The Kier molecular flexibility index (Phi) is 4.57. The number of carboxylic acid groups (broad SMARTS) is 1. The van der Waals surface area contributed by atoms with Crippen molar-refractivity contribution in [1.82, 2.24) is 4.98 Å². The number of rotatable bonds is 2.